The van der Waals surface area contributed by atoms with Crippen LogP contribution in [-0.2, 0) is 4.74 Å². The first-order valence-electron chi connectivity index (χ1n) is 5.57. The Balaban J connectivity index is 2.46. The van der Waals surface area contributed by atoms with Gasteiger partial charge in [0.25, 0.3) is 0 Å². The number of anilines is 2. The van der Waals surface area contributed by atoms with Crippen LogP contribution >= 0.6 is 0 Å². The Hall–Kier alpha value is -1.75. The van der Waals surface area contributed by atoms with Crippen molar-refractivity contribution in [2.45, 2.75) is 19.4 Å². The maximum atomic E-state index is 11.6. The maximum absolute atomic E-state index is 11.6. The minimum Gasteiger partial charge on any atom is -0.399 e. The van der Waals surface area contributed by atoms with Crippen molar-refractivity contribution >= 4 is 17.4 Å². The molecule has 0 fully saturated rings. The van der Waals surface area contributed by atoms with Crippen molar-refractivity contribution in [1.29, 1.82) is 0 Å². The summed E-state index contributed by atoms with van der Waals surface area (Å²) in [5, 5.41) is 5.56. The number of carbonyl (C=O) groups is 1. The lowest BCUT2D eigenvalue weighted by molar-refractivity contribution is 0.165. The van der Waals surface area contributed by atoms with Crippen LogP contribution in [0.1, 0.15) is 13.3 Å². The van der Waals surface area contributed by atoms with Crippen LogP contribution in [0.5, 0.6) is 0 Å². The molecule has 2 amide bonds. The van der Waals surface area contributed by atoms with Gasteiger partial charge in [-0.05, 0) is 30.7 Å². The Kier molecular flexibility index (Phi) is 5.29. The Labute approximate surface area is 101 Å². The SMILES string of the molecule is CCC(COC)NC(=O)Nc1ccc(N)cc1. The van der Waals surface area contributed by atoms with Crippen LogP contribution in [0.3, 0.4) is 0 Å². The van der Waals surface area contributed by atoms with E-state index in [0.29, 0.717) is 18.0 Å². The number of urea groups is 1. The minimum atomic E-state index is -0.237. The zero-order chi connectivity index (χ0) is 12.7. The van der Waals surface area contributed by atoms with Gasteiger partial charge in [-0.25, -0.2) is 4.79 Å². The number of carbonyl (C=O) groups excluding carboxylic acids is 1. The molecule has 0 saturated carbocycles. The van der Waals surface area contributed by atoms with Crippen LogP contribution < -0.4 is 16.4 Å². The van der Waals surface area contributed by atoms with Gasteiger partial charge in [0.1, 0.15) is 0 Å². The highest BCUT2D eigenvalue weighted by Crippen LogP contribution is 2.10. The van der Waals surface area contributed by atoms with Crippen LogP contribution in [-0.4, -0.2) is 25.8 Å². The molecule has 0 aliphatic heterocycles. The predicted octanol–water partition coefficient (Wildman–Crippen LogP) is 1.82. The van der Waals surface area contributed by atoms with Gasteiger partial charge in [-0.2, -0.15) is 0 Å². The molecule has 1 rings (SSSR count). The number of nitrogen functional groups attached to an aromatic ring is 1. The molecule has 0 radical (unpaired) electrons. The van der Waals surface area contributed by atoms with Gasteiger partial charge in [-0.15, -0.1) is 0 Å². The van der Waals surface area contributed by atoms with E-state index in [-0.39, 0.29) is 12.1 Å². The van der Waals surface area contributed by atoms with Crippen molar-refractivity contribution in [2.24, 2.45) is 0 Å². The topological polar surface area (TPSA) is 76.4 Å². The van der Waals surface area contributed by atoms with E-state index in [0.717, 1.165) is 6.42 Å². The Morgan fingerprint density at radius 3 is 2.59 bits per heavy atom. The fourth-order valence-electron chi connectivity index (χ4n) is 1.38. The number of amides is 2. The van der Waals surface area contributed by atoms with Gasteiger partial charge in [0.15, 0.2) is 0 Å². The third-order valence-electron chi connectivity index (χ3n) is 2.36. The average molecular weight is 237 g/mol. The molecule has 5 nitrogen and oxygen atoms in total. The van der Waals surface area contributed by atoms with Crippen LogP contribution in [0.25, 0.3) is 0 Å². The van der Waals surface area contributed by atoms with Gasteiger partial charge in [0, 0.05) is 18.5 Å². The summed E-state index contributed by atoms with van der Waals surface area (Å²) in [6, 6.07) is 6.77. The van der Waals surface area contributed by atoms with Crippen LogP contribution in [0, 0.1) is 0 Å². The van der Waals surface area contributed by atoms with E-state index in [1.54, 1.807) is 31.4 Å². The first-order chi connectivity index (χ1) is 8.15. The maximum Gasteiger partial charge on any atom is 0.319 e. The number of rotatable bonds is 5. The number of methoxy groups -OCH3 is 1. The van der Waals surface area contributed by atoms with E-state index < -0.39 is 0 Å². The molecule has 1 unspecified atom stereocenters. The highest BCUT2D eigenvalue weighted by atomic mass is 16.5. The van der Waals surface area contributed by atoms with Crippen molar-refractivity contribution in [3.63, 3.8) is 0 Å². The second-order valence-electron chi connectivity index (χ2n) is 3.78. The lowest BCUT2D eigenvalue weighted by Gasteiger charge is -2.16. The summed E-state index contributed by atoms with van der Waals surface area (Å²) in [5.41, 5.74) is 6.93. The van der Waals surface area contributed by atoms with E-state index in [1.807, 2.05) is 6.92 Å². The summed E-state index contributed by atoms with van der Waals surface area (Å²) in [5.74, 6) is 0. The Morgan fingerprint density at radius 2 is 2.06 bits per heavy atom. The molecule has 0 aromatic heterocycles. The van der Waals surface area contributed by atoms with Crippen molar-refractivity contribution in [2.75, 3.05) is 24.8 Å². The van der Waals surface area contributed by atoms with E-state index in [1.165, 1.54) is 0 Å². The number of nitrogens with two attached hydrogens (primary N) is 1. The summed E-state index contributed by atoms with van der Waals surface area (Å²) >= 11 is 0. The van der Waals surface area contributed by atoms with Crippen molar-refractivity contribution in [3.8, 4) is 0 Å². The average Bonchev–Trinajstić information content (AvgIpc) is 2.31. The smallest absolute Gasteiger partial charge is 0.319 e. The summed E-state index contributed by atoms with van der Waals surface area (Å²) in [6.07, 6.45) is 0.822. The number of hydrogen-bond donors (Lipinski definition) is 3. The van der Waals surface area contributed by atoms with Gasteiger partial charge in [0.2, 0.25) is 0 Å². The molecule has 0 aliphatic carbocycles. The van der Waals surface area contributed by atoms with Crippen molar-refractivity contribution in [3.05, 3.63) is 24.3 Å². The van der Waals surface area contributed by atoms with Crippen molar-refractivity contribution < 1.29 is 9.53 Å². The molecule has 1 aromatic carbocycles. The van der Waals surface area contributed by atoms with E-state index >= 15 is 0 Å². The number of ether oxygens (including phenoxy) is 1. The third kappa shape index (κ3) is 4.74. The zero-order valence-corrected chi connectivity index (χ0v) is 10.2. The molecule has 0 bridgehead atoms. The molecular weight excluding hydrogens is 218 g/mol. The molecule has 1 aromatic rings. The molecule has 5 heteroatoms. The summed E-state index contributed by atoms with van der Waals surface area (Å²) in [6.45, 7) is 2.50. The van der Waals surface area contributed by atoms with Gasteiger partial charge in [-0.1, -0.05) is 6.92 Å². The quantitative estimate of drug-likeness (QED) is 0.684. The fraction of sp³-hybridized carbons (Fsp3) is 0.417. The van der Waals surface area contributed by atoms with Gasteiger partial charge >= 0.3 is 6.03 Å². The van der Waals surface area contributed by atoms with Crippen LogP contribution in [0.15, 0.2) is 24.3 Å². The van der Waals surface area contributed by atoms with Gasteiger partial charge in [0.05, 0.1) is 12.6 Å². The fourth-order valence-corrected chi connectivity index (χ4v) is 1.38. The summed E-state index contributed by atoms with van der Waals surface area (Å²) in [4.78, 5) is 11.6. The third-order valence-corrected chi connectivity index (χ3v) is 2.36. The first-order valence-corrected chi connectivity index (χ1v) is 5.57. The first kappa shape index (κ1) is 13.3. The van der Waals surface area contributed by atoms with E-state index in [4.69, 9.17) is 10.5 Å². The Bertz CT molecular complexity index is 351. The van der Waals surface area contributed by atoms with Crippen LogP contribution in [0.4, 0.5) is 16.2 Å². The highest BCUT2D eigenvalue weighted by molar-refractivity contribution is 5.89. The molecule has 94 valence electrons. The van der Waals surface area contributed by atoms with Crippen molar-refractivity contribution in [1.82, 2.24) is 5.32 Å². The molecule has 17 heavy (non-hydrogen) atoms. The van der Waals surface area contributed by atoms with Gasteiger partial charge in [-0.3, -0.25) is 0 Å². The van der Waals surface area contributed by atoms with Gasteiger partial charge < -0.3 is 21.1 Å². The standard InChI is InChI=1S/C12H19N3O2/c1-3-10(8-17-2)14-12(16)15-11-6-4-9(13)5-7-11/h4-7,10H,3,8,13H2,1-2H3,(H2,14,15,16). The normalized spacial score (nSPS) is 11.9. The van der Waals surface area contributed by atoms with E-state index in [9.17, 15) is 4.79 Å². The highest BCUT2D eigenvalue weighted by Gasteiger charge is 2.09. The summed E-state index contributed by atoms with van der Waals surface area (Å²) < 4.78 is 5.00. The second kappa shape index (κ2) is 6.75. The monoisotopic (exact) mass is 237 g/mol. The van der Waals surface area contributed by atoms with Crippen LogP contribution in [0.2, 0.25) is 0 Å². The molecule has 0 aliphatic rings. The van der Waals surface area contributed by atoms with E-state index in [2.05, 4.69) is 10.6 Å². The number of benzene rings is 1. The lowest BCUT2D eigenvalue weighted by Crippen LogP contribution is -2.40. The molecule has 0 saturated heterocycles. The molecule has 0 heterocycles. The minimum absolute atomic E-state index is 0.0220. The molecule has 1 atom stereocenters. The molecule has 0 spiro atoms. The number of nitrogens with one attached hydrogen (secondary N) is 2. The second-order valence-corrected chi connectivity index (χ2v) is 3.78. The summed E-state index contributed by atoms with van der Waals surface area (Å²) in [7, 11) is 1.61. The molecular formula is C12H19N3O2. The Morgan fingerprint density at radius 1 is 1.41 bits per heavy atom. The molecule has 4 N–H and O–H groups in total. The predicted molar refractivity (Wildman–Crippen MR) is 69.0 cm³/mol. The number of hydrogen-bond acceptors (Lipinski definition) is 3. The largest absolute Gasteiger partial charge is 0.399 e. The zero-order valence-electron chi connectivity index (χ0n) is 10.2. The lowest BCUT2D eigenvalue weighted by atomic mass is 10.2.